The largest absolute Gasteiger partial charge is 0.448 e. The number of nitrogens with one attached hydrogen (secondary N) is 1. The minimum Gasteiger partial charge on any atom is -0.448 e. The van der Waals surface area contributed by atoms with E-state index in [2.05, 4.69) is 15.5 Å². The maximum atomic E-state index is 12.5. The third-order valence-electron chi connectivity index (χ3n) is 4.27. The monoisotopic (exact) mass is 378 g/mol. The first-order valence-corrected chi connectivity index (χ1v) is 8.93. The minimum absolute atomic E-state index is 0.0789. The molecule has 1 atom stereocenters. The number of anilines is 1. The number of ether oxygens (including phenoxy) is 1. The van der Waals surface area contributed by atoms with Gasteiger partial charge in [-0.1, -0.05) is 30.3 Å². The number of hydrogen-bond donors (Lipinski definition) is 1. The fourth-order valence-corrected chi connectivity index (χ4v) is 2.62. The van der Waals surface area contributed by atoms with E-state index in [1.165, 1.54) is 11.7 Å². The smallest absolute Gasteiger partial charge is 0.361 e. The molecule has 0 aliphatic carbocycles. The Labute approximate surface area is 163 Å². The summed E-state index contributed by atoms with van der Waals surface area (Å²) in [4.78, 5) is 26.3. The van der Waals surface area contributed by atoms with Crippen molar-refractivity contribution in [1.29, 1.82) is 0 Å². The summed E-state index contributed by atoms with van der Waals surface area (Å²) in [5, 5.41) is 11.2. The first-order chi connectivity index (χ1) is 13.3. The topological polar surface area (TPSA) is 86.1 Å². The summed E-state index contributed by atoms with van der Waals surface area (Å²) in [5.41, 5.74) is 3.88. The number of hydrogen-bond acceptors (Lipinski definition) is 5. The molecule has 0 spiro atoms. The molecule has 0 unspecified atom stereocenters. The van der Waals surface area contributed by atoms with Crippen molar-refractivity contribution in [1.82, 2.24) is 15.0 Å². The van der Waals surface area contributed by atoms with Crippen LogP contribution in [0.2, 0.25) is 0 Å². The highest BCUT2D eigenvalue weighted by molar-refractivity contribution is 5.97. The van der Waals surface area contributed by atoms with E-state index in [4.69, 9.17) is 4.74 Å². The fourth-order valence-electron chi connectivity index (χ4n) is 2.62. The van der Waals surface area contributed by atoms with Gasteiger partial charge in [0.15, 0.2) is 11.8 Å². The van der Waals surface area contributed by atoms with Gasteiger partial charge in [0.25, 0.3) is 5.91 Å². The van der Waals surface area contributed by atoms with E-state index < -0.39 is 18.0 Å². The van der Waals surface area contributed by atoms with Gasteiger partial charge < -0.3 is 10.1 Å². The lowest BCUT2D eigenvalue weighted by molar-refractivity contribution is -0.123. The van der Waals surface area contributed by atoms with Gasteiger partial charge in [-0.15, -0.1) is 5.10 Å². The maximum Gasteiger partial charge on any atom is 0.361 e. The minimum atomic E-state index is -0.978. The van der Waals surface area contributed by atoms with Crippen molar-refractivity contribution in [3.63, 3.8) is 0 Å². The molecule has 0 saturated heterocycles. The Morgan fingerprint density at radius 3 is 2.46 bits per heavy atom. The van der Waals surface area contributed by atoms with Crippen LogP contribution in [0.4, 0.5) is 5.69 Å². The Morgan fingerprint density at radius 1 is 1.04 bits per heavy atom. The van der Waals surface area contributed by atoms with E-state index in [9.17, 15) is 9.59 Å². The number of rotatable bonds is 5. The van der Waals surface area contributed by atoms with E-state index in [1.807, 2.05) is 62.4 Å². The summed E-state index contributed by atoms with van der Waals surface area (Å²) in [6.07, 6.45) is -0.978. The van der Waals surface area contributed by atoms with Crippen LogP contribution in [-0.2, 0) is 9.53 Å². The number of carbonyl (C=O) groups excluding carboxylic acids is 2. The molecule has 1 aromatic heterocycles. The molecule has 0 aliphatic rings. The van der Waals surface area contributed by atoms with Gasteiger partial charge in [-0.2, -0.15) is 9.90 Å². The summed E-state index contributed by atoms with van der Waals surface area (Å²) in [5.74, 6) is -1.10. The maximum absolute atomic E-state index is 12.5. The Morgan fingerprint density at radius 2 is 1.75 bits per heavy atom. The van der Waals surface area contributed by atoms with Crippen molar-refractivity contribution in [3.05, 3.63) is 71.0 Å². The Balaban J connectivity index is 1.69. The van der Waals surface area contributed by atoms with Gasteiger partial charge in [0, 0.05) is 5.69 Å². The lowest BCUT2D eigenvalue weighted by Crippen LogP contribution is -2.30. The number of carbonyl (C=O) groups is 2. The van der Waals surface area contributed by atoms with Gasteiger partial charge >= 0.3 is 5.97 Å². The van der Waals surface area contributed by atoms with Crippen LogP contribution >= 0.6 is 0 Å². The van der Waals surface area contributed by atoms with Crippen LogP contribution in [0, 0.1) is 20.8 Å². The first kappa shape index (κ1) is 19.3. The number of aromatic nitrogens is 3. The highest BCUT2D eigenvalue weighted by atomic mass is 16.5. The van der Waals surface area contributed by atoms with E-state index in [0.717, 1.165) is 16.8 Å². The average Bonchev–Trinajstić information content (AvgIpc) is 3.07. The van der Waals surface area contributed by atoms with Gasteiger partial charge in [-0.05, 0) is 57.0 Å². The molecule has 7 heteroatoms. The van der Waals surface area contributed by atoms with E-state index in [1.54, 1.807) is 6.92 Å². The summed E-state index contributed by atoms with van der Waals surface area (Å²) in [6.45, 7) is 7.04. The number of nitrogens with zero attached hydrogens (tertiary/aromatic N) is 3. The number of para-hydroxylation sites is 1. The molecule has 0 aliphatic heterocycles. The molecular formula is C21H22N4O3. The molecule has 3 rings (SSSR count). The molecule has 3 aromatic rings. The molecule has 28 heavy (non-hydrogen) atoms. The Hall–Kier alpha value is -3.48. The molecule has 7 nitrogen and oxygen atoms in total. The van der Waals surface area contributed by atoms with Crippen molar-refractivity contribution < 1.29 is 14.3 Å². The lowest BCUT2D eigenvalue weighted by atomic mass is 10.1. The number of aryl methyl sites for hydroxylation is 3. The van der Waals surface area contributed by atoms with E-state index in [0.29, 0.717) is 11.4 Å². The second-order valence-electron chi connectivity index (χ2n) is 6.61. The van der Waals surface area contributed by atoms with Crippen LogP contribution in [0.3, 0.4) is 0 Å². The van der Waals surface area contributed by atoms with Gasteiger partial charge in [0.2, 0.25) is 0 Å². The van der Waals surface area contributed by atoms with Crippen LogP contribution in [0.15, 0.2) is 48.5 Å². The molecule has 1 N–H and O–H groups in total. The second-order valence-corrected chi connectivity index (χ2v) is 6.61. The third kappa shape index (κ3) is 4.25. The van der Waals surface area contributed by atoms with Gasteiger partial charge in [-0.25, -0.2) is 4.79 Å². The number of benzene rings is 2. The van der Waals surface area contributed by atoms with Crippen LogP contribution < -0.4 is 5.32 Å². The van der Waals surface area contributed by atoms with Crippen LogP contribution in [0.1, 0.15) is 34.2 Å². The molecule has 1 heterocycles. The van der Waals surface area contributed by atoms with Crippen molar-refractivity contribution in [2.45, 2.75) is 33.8 Å². The summed E-state index contributed by atoms with van der Waals surface area (Å²) in [7, 11) is 0. The standard InChI is InChI=1S/C21H22N4O3/c1-13-10-11-14(2)18(12-13)22-20(26)16(4)28-21(27)19-15(3)23-25(24-19)17-8-6-5-7-9-17/h5-12,16H,1-4H3,(H,22,26)/t16-/m1/s1. The molecule has 1 amide bonds. The summed E-state index contributed by atoms with van der Waals surface area (Å²) >= 11 is 0. The first-order valence-electron chi connectivity index (χ1n) is 8.93. The second kappa shape index (κ2) is 8.04. The predicted octanol–water partition coefficient (Wildman–Crippen LogP) is 3.38. The highest BCUT2D eigenvalue weighted by Gasteiger charge is 2.24. The summed E-state index contributed by atoms with van der Waals surface area (Å²) in [6, 6.07) is 15.0. The van der Waals surface area contributed by atoms with Crippen LogP contribution in [0.5, 0.6) is 0 Å². The molecule has 0 fully saturated rings. The van der Waals surface area contributed by atoms with Crippen molar-refractivity contribution >= 4 is 17.6 Å². The van der Waals surface area contributed by atoms with E-state index >= 15 is 0 Å². The zero-order valence-electron chi connectivity index (χ0n) is 16.3. The van der Waals surface area contributed by atoms with Gasteiger partial charge in [-0.3, -0.25) is 4.79 Å². The van der Waals surface area contributed by atoms with Gasteiger partial charge in [0.05, 0.1) is 11.4 Å². The third-order valence-corrected chi connectivity index (χ3v) is 4.27. The molecule has 0 bridgehead atoms. The number of amides is 1. The molecule has 144 valence electrons. The molecule has 2 aromatic carbocycles. The fraction of sp³-hybridized carbons (Fsp3) is 0.238. The zero-order chi connectivity index (χ0) is 20.3. The normalized spacial score (nSPS) is 11.7. The zero-order valence-corrected chi connectivity index (χ0v) is 16.3. The molecule has 0 radical (unpaired) electrons. The van der Waals surface area contributed by atoms with Crippen molar-refractivity contribution in [2.24, 2.45) is 0 Å². The number of esters is 1. The van der Waals surface area contributed by atoms with E-state index in [-0.39, 0.29) is 5.69 Å². The Bertz CT molecular complexity index is 1010. The molecule has 0 saturated carbocycles. The van der Waals surface area contributed by atoms with Crippen LogP contribution in [0.25, 0.3) is 5.69 Å². The quantitative estimate of drug-likeness (QED) is 0.688. The highest BCUT2D eigenvalue weighted by Crippen LogP contribution is 2.17. The predicted molar refractivity (Wildman–Crippen MR) is 106 cm³/mol. The van der Waals surface area contributed by atoms with Crippen molar-refractivity contribution in [2.75, 3.05) is 5.32 Å². The lowest BCUT2D eigenvalue weighted by Gasteiger charge is -2.14. The van der Waals surface area contributed by atoms with Crippen LogP contribution in [-0.4, -0.2) is 33.0 Å². The Kier molecular flexibility index (Phi) is 5.54. The average molecular weight is 378 g/mol. The molecular weight excluding hydrogens is 356 g/mol. The van der Waals surface area contributed by atoms with Crippen molar-refractivity contribution in [3.8, 4) is 5.69 Å². The SMILES string of the molecule is Cc1ccc(C)c(NC(=O)[C@@H](C)OC(=O)c2nn(-c3ccccc3)nc2C)c1. The summed E-state index contributed by atoms with van der Waals surface area (Å²) < 4.78 is 5.30. The van der Waals surface area contributed by atoms with Gasteiger partial charge in [0.1, 0.15) is 0 Å².